The van der Waals surface area contributed by atoms with E-state index < -0.39 is 0 Å². The summed E-state index contributed by atoms with van der Waals surface area (Å²) in [6.07, 6.45) is 5.58. The van der Waals surface area contributed by atoms with Crippen molar-refractivity contribution in [2.45, 2.75) is 38.6 Å². The van der Waals surface area contributed by atoms with Gasteiger partial charge in [0.2, 0.25) is 0 Å². The Hall–Kier alpha value is -0.0500. The fraction of sp³-hybridized carbons (Fsp3) is 0.571. The molecule has 0 heterocycles. The Bertz CT molecular complexity index is 376. The van der Waals surface area contributed by atoms with Crippen LogP contribution >= 0.6 is 27.5 Å². The molecule has 3 heteroatoms. The number of rotatable bonds is 5. The maximum absolute atomic E-state index is 6.23. The normalized spacial score (nSPS) is 17.8. The number of benzene rings is 1. The van der Waals surface area contributed by atoms with Crippen LogP contribution in [-0.2, 0) is 0 Å². The Balaban J connectivity index is 1.83. The zero-order chi connectivity index (χ0) is 12.3. The molecule has 0 bridgehead atoms. The average molecular weight is 317 g/mol. The highest BCUT2D eigenvalue weighted by Crippen LogP contribution is 2.30. The summed E-state index contributed by atoms with van der Waals surface area (Å²) >= 11 is 9.66. The van der Waals surface area contributed by atoms with Crippen LogP contribution in [0.15, 0.2) is 22.7 Å². The van der Waals surface area contributed by atoms with E-state index in [9.17, 15) is 0 Å². The van der Waals surface area contributed by atoms with Crippen molar-refractivity contribution in [2.24, 2.45) is 5.92 Å². The first-order valence-corrected chi connectivity index (χ1v) is 7.52. The summed E-state index contributed by atoms with van der Waals surface area (Å²) in [4.78, 5) is 0. The number of nitrogens with one attached hydrogen (secondary N) is 1. The third kappa shape index (κ3) is 3.70. The third-order valence-corrected chi connectivity index (χ3v) is 4.48. The van der Waals surface area contributed by atoms with Gasteiger partial charge in [0.05, 0.1) is 0 Å². The lowest BCUT2D eigenvalue weighted by molar-refractivity contribution is 0.288. The summed E-state index contributed by atoms with van der Waals surface area (Å²) in [5, 5.41) is 4.39. The van der Waals surface area contributed by atoms with Gasteiger partial charge in [-0.15, -0.1) is 0 Å². The Labute approximate surface area is 117 Å². The van der Waals surface area contributed by atoms with E-state index in [0.29, 0.717) is 6.04 Å². The molecule has 1 aromatic carbocycles. The molecule has 17 heavy (non-hydrogen) atoms. The maximum Gasteiger partial charge on any atom is 0.0464 e. The van der Waals surface area contributed by atoms with Gasteiger partial charge in [0, 0.05) is 15.5 Å². The van der Waals surface area contributed by atoms with Gasteiger partial charge in [-0.1, -0.05) is 52.9 Å². The summed E-state index contributed by atoms with van der Waals surface area (Å²) in [5.74, 6) is 0.968. The first-order valence-electron chi connectivity index (χ1n) is 6.35. The lowest BCUT2D eigenvalue weighted by Crippen LogP contribution is -2.24. The quantitative estimate of drug-likeness (QED) is 0.811. The van der Waals surface area contributed by atoms with E-state index in [-0.39, 0.29) is 0 Å². The summed E-state index contributed by atoms with van der Waals surface area (Å²) in [6.45, 7) is 3.27. The topological polar surface area (TPSA) is 12.0 Å². The minimum Gasteiger partial charge on any atom is -0.310 e. The van der Waals surface area contributed by atoms with Crippen LogP contribution in [0.2, 0.25) is 5.02 Å². The van der Waals surface area contributed by atoms with Crippen LogP contribution in [0.25, 0.3) is 0 Å². The van der Waals surface area contributed by atoms with Crippen molar-refractivity contribution in [3.05, 3.63) is 33.3 Å². The second-order valence-corrected chi connectivity index (χ2v) is 6.25. The van der Waals surface area contributed by atoms with E-state index in [1.165, 1.54) is 31.2 Å². The molecule has 1 aliphatic carbocycles. The van der Waals surface area contributed by atoms with Crippen LogP contribution in [-0.4, -0.2) is 6.54 Å². The molecule has 94 valence electrons. The van der Waals surface area contributed by atoms with E-state index in [1.807, 2.05) is 12.1 Å². The number of halogens is 2. The molecule has 2 rings (SSSR count). The Morgan fingerprint density at radius 3 is 2.82 bits per heavy atom. The fourth-order valence-corrected chi connectivity index (χ4v) is 3.09. The van der Waals surface area contributed by atoms with Crippen LogP contribution in [0.5, 0.6) is 0 Å². The average Bonchev–Trinajstić information content (AvgIpc) is 2.21. The Kier molecular flexibility index (Phi) is 4.89. The Morgan fingerprint density at radius 2 is 2.24 bits per heavy atom. The second kappa shape index (κ2) is 6.21. The third-order valence-electron chi connectivity index (χ3n) is 3.66. The smallest absolute Gasteiger partial charge is 0.0464 e. The summed E-state index contributed by atoms with van der Waals surface area (Å²) in [5.41, 5.74) is 1.18. The highest BCUT2D eigenvalue weighted by molar-refractivity contribution is 9.10. The van der Waals surface area contributed by atoms with E-state index in [0.717, 1.165) is 22.0 Å². The molecule has 0 amide bonds. The molecular weight excluding hydrogens is 298 g/mol. The molecule has 1 aliphatic rings. The van der Waals surface area contributed by atoms with Crippen molar-refractivity contribution in [1.29, 1.82) is 0 Å². The largest absolute Gasteiger partial charge is 0.310 e. The van der Waals surface area contributed by atoms with Gasteiger partial charge in [-0.05, 0) is 43.5 Å². The zero-order valence-corrected chi connectivity index (χ0v) is 12.5. The standard InChI is InChI=1S/C14H19BrClN/c1-10(17-8-7-11-3-2-4-11)13-6-5-12(15)9-14(13)16/h5-6,9-11,17H,2-4,7-8H2,1H3. The molecule has 0 spiro atoms. The molecule has 1 fully saturated rings. The van der Waals surface area contributed by atoms with Gasteiger partial charge in [-0.3, -0.25) is 0 Å². The van der Waals surface area contributed by atoms with E-state index >= 15 is 0 Å². The monoisotopic (exact) mass is 315 g/mol. The zero-order valence-electron chi connectivity index (χ0n) is 10.2. The predicted octanol–water partition coefficient (Wildman–Crippen LogP) is 4.94. The molecule has 0 aromatic heterocycles. The molecule has 1 saturated carbocycles. The number of hydrogen-bond acceptors (Lipinski definition) is 1. The van der Waals surface area contributed by atoms with E-state index in [4.69, 9.17) is 11.6 Å². The van der Waals surface area contributed by atoms with Gasteiger partial charge in [-0.2, -0.15) is 0 Å². The van der Waals surface area contributed by atoms with Crippen molar-refractivity contribution in [3.8, 4) is 0 Å². The summed E-state index contributed by atoms with van der Waals surface area (Å²) in [6, 6.07) is 6.43. The van der Waals surface area contributed by atoms with Crippen molar-refractivity contribution < 1.29 is 0 Å². The van der Waals surface area contributed by atoms with Crippen molar-refractivity contribution in [1.82, 2.24) is 5.32 Å². The molecule has 1 atom stereocenters. The predicted molar refractivity (Wildman–Crippen MR) is 77.5 cm³/mol. The number of hydrogen-bond donors (Lipinski definition) is 1. The Morgan fingerprint density at radius 1 is 1.47 bits per heavy atom. The van der Waals surface area contributed by atoms with Gasteiger partial charge in [-0.25, -0.2) is 0 Å². The first-order chi connectivity index (χ1) is 8.16. The van der Waals surface area contributed by atoms with Crippen LogP contribution in [0.1, 0.15) is 44.2 Å². The molecule has 1 nitrogen and oxygen atoms in total. The molecule has 0 radical (unpaired) electrons. The molecule has 0 saturated heterocycles. The maximum atomic E-state index is 6.23. The van der Waals surface area contributed by atoms with Crippen LogP contribution in [0.4, 0.5) is 0 Å². The molecular formula is C14H19BrClN. The van der Waals surface area contributed by atoms with Crippen molar-refractivity contribution in [2.75, 3.05) is 6.54 Å². The lowest BCUT2D eigenvalue weighted by Gasteiger charge is -2.26. The van der Waals surface area contributed by atoms with Gasteiger partial charge in [0.1, 0.15) is 0 Å². The fourth-order valence-electron chi connectivity index (χ4n) is 2.25. The molecule has 1 N–H and O–H groups in total. The lowest BCUT2D eigenvalue weighted by atomic mass is 9.83. The van der Waals surface area contributed by atoms with Crippen LogP contribution < -0.4 is 5.32 Å². The van der Waals surface area contributed by atoms with E-state index in [1.54, 1.807) is 0 Å². The second-order valence-electron chi connectivity index (χ2n) is 4.93. The van der Waals surface area contributed by atoms with Gasteiger partial charge in [0.25, 0.3) is 0 Å². The van der Waals surface area contributed by atoms with Crippen LogP contribution in [0, 0.1) is 5.92 Å². The van der Waals surface area contributed by atoms with Crippen molar-refractivity contribution >= 4 is 27.5 Å². The first kappa shape index (κ1) is 13.4. The molecule has 1 aromatic rings. The van der Waals surface area contributed by atoms with Gasteiger partial charge < -0.3 is 5.32 Å². The highest BCUT2D eigenvalue weighted by atomic mass is 79.9. The minimum absolute atomic E-state index is 0.329. The van der Waals surface area contributed by atoms with Crippen molar-refractivity contribution in [3.63, 3.8) is 0 Å². The van der Waals surface area contributed by atoms with Crippen LogP contribution in [0.3, 0.4) is 0 Å². The SMILES string of the molecule is CC(NCCC1CCC1)c1ccc(Br)cc1Cl. The van der Waals surface area contributed by atoms with E-state index in [2.05, 4.69) is 34.2 Å². The highest BCUT2D eigenvalue weighted by Gasteiger charge is 2.17. The molecule has 0 aliphatic heterocycles. The van der Waals surface area contributed by atoms with Gasteiger partial charge >= 0.3 is 0 Å². The minimum atomic E-state index is 0.329. The van der Waals surface area contributed by atoms with Gasteiger partial charge in [0.15, 0.2) is 0 Å². The summed E-state index contributed by atoms with van der Waals surface area (Å²) in [7, 11) is 0. The molecule has 1 unspecified atom stereocenters. The summed E-state index contributed by atoms with van der Waals surface area (Å²) < 4.78 is 1.04.